The Labute approximate surface area is 153 Å². The van der Waals surface area contributed by atoms with E-state index in [2.05, 4.69) is 15.8 Å². The molecule has 2 N–H and O–H groups in total. The van der Waals surface area contributed by atoms with Crippen LogP contribution in [0.2, 0.25) is 0 Å². The predicted molar refractivity (Wildman–Crippen MR) is 103 cm³/mol. The van der Waals surface area contributed by atoms with Crippen molar-refractivity contribution < 1.29 is 14.3 Å². The third-order valence-electron chi connectivity index (χ3n) is 3.51. The van der Waals surface area contributed by atoms with Gasteiger partial charge in [0, 0.05) is 12.6 Å². The second kappa shape index (κ2) is 8.80. The van der Waals surface area contributed by atoms with Crippen molar-refractivity contribution >= 4 is 23.2 Å². The molecule has 0 saturated carbocycles. The van der Waals surface area contributed by atoms with E-state index < -0.39 is 0 Å². The van der Waals surface area contributed by atoms with Crippen LogP contribution in [-0.2, 0) is 9.59 Å². The fraction of sp³-hybridized carbons (Fsp3) is 0.250. The van der Waals surface area contributed by atoms with Crippen molar-refractivity contribution in [2.75, 3.05) is 11.9 Å². The number of ether oxygens (including phenoxy) is 1. The summed E-state index contributed by atoms with van der Waals surface area (Å²) in [6, 6.07) is 13.0. The zero-order valence-corrected chi connectivity index (χ0v) is 15.4. The molecule has 2 aromatic carbocycles. The third kappa shape index (κ3) is 6.05. The maximum atomic E-state index is 11.9. The first-order valence-corrected chi connectivity index (χ1v) is 8.26. The average Bonchev–Trinajstić information content (AvgIpc) is 2.56. The maximum absolute atomic E-state index is 11.9. The maximum Gasteiger partial charge on any atom is 0.277 e. The van der Waals surface area contributed by atoms with Crippen LogP contribution in [0.15, 0.2) is 47.6 Å². The highest BCUT2D eigenvalue weighted by molar-refractivity contribution is 6.00. The molecule has 26 heavy (non-hydrogen) atoms. The molecule has 0 atom stereocenters. The van der Waals surface area contributed by atoms with Gasteiger partial charge in [-0.2, -0.15) is 5.10 Å². The van der Waals surface area contributed by atoms with Crippen molar-refractivity contribution in [3.05, 3.63) is 59.2 Å². The van der Waals surface area contributed by atoms with Crippen molar-refractivity contribution in [2.24, 2.45) is 5.10 Å². The van der Waals surface area contributed by atoms with E-state index in [0.717, 1.165) is 16.7 Å². The van der Waals surface area contributed by atoms with E-state index in [1.54, 1.807) is 19.1 Å². The summed E-state index contributed by atoms with van der Waals surface area (Å²) in [6.45, 7) is 7.05. The number of carbonyl (C=O) groups excluding carboxylic acids is 2. The van der Waals surface area contributed by atoms with Crippen LogP contribution in [0, 0.1) is 13.8 Å². The largest absolute Gasteiger partial charge is 0.484 e. The van der Waals surface area contributed by atoms with Crippen molar-refractivity contribution in [1.29, 1.82) is 0 Å². The van der Waals surface area contributed by atoms with Crippen LogP contribution in [0.1, 0.15) is 30.5 Å². The Hall–Kier alpha value is -3.15. The molecule has 136 valence electrons. The first kappa shape index (κ1) is 19.2. The molecular formula is C20H23N3O3. The molecule has 0 aliphatic carbocycles. The van der Waals surface area contributed by atoms with Crippen LogP contribution in [-0.4, -0.2) is 24.1 Å². The molecule has 0 fully saturated rings. The number of nitrogens with one attached hydrogen (secondary N) is 2. The van der Waals surface area contributed by atoms with Crippen LogP contribution < -0.4 is 15.5 Å². The van der Waals surface area contributed by atoms with Gasteiger partial charge in [-0.1, -0.05) is 18.2 Å². The van der Waals surface area contributed by atoms with Crippen LogP contribution in [0.4, 0.5) is 5.69 Å². The lowest BCUT2D eigenvalue weighted by molar-refractivity contribution is -0.123. The minimum atomic E-state index is -0.346. The number of anilines is 1. The number of hydrogen-bond acceptors (Lipinski definition) is 4. The van der Waals surface area contributed by atoms with Gasteiger partial charge in [-0.15, -0.1) is 0 Å². The van der Waals surface area contributed by atoms with Crippen molar-refractivity contribution in [3.8, 4) is 5.75 Å². The standard InChI is InChI=1S/C20H23N3O3/c1-13-8-14(2)10-19(9-13)26-12-20(25)23-22-15(3)17-6-5-7-18(11-17)21-16(4)24/h5-11H,12H2,1-4H3,(H,21,24)(H,23,25)/b22-15-. The van der Waals surface area contributed by atoms with E-state index in [1.165, 1.54) is 6.92 Å². The predicted octanol–water partition coefficient (Wildman–Crippen LogP) is 3.18. The Morgan fingerprint density at radius 1 is 1.04 bits per heavy atom. The zero-order chi connectivity index (χ0) is 19.1. The summed E-state index contributed by atoms with van der Waals surface area (Å²) < 4.78 is 5.50. The molecular weight excluding hydrogens is 330 g/mol. The number of benzene rings is 2. The Balaban J connectivity index is 1.93. The SMILES string of the molecule is CC(=O)Nc1cccc(/C(C)=N\NC(=O)COc2cc(C)cc(C)c2)c1. The fourth-order valence-electron chi connectivity index (χ4n) is 2.43. The first-order valence-electron chi connectivity index (χ1n) is 8.26. The van der Waals surface area contributed by atoms with Gasteiger partial charge in [0.25, 0.3) is 5.91 Å². The molecule has 0 unspecified atom stereocenters. The third-order valence-corrected chi connectivity index (χ3v) is 3.51. The first-order chi connectivity index (χ1) is 12.3. The van der Waals surface area contributed by atoms with Crippen LogP contribution in [0.3, 0.4) is 0 Å². The number of nitrogens with zero attached hydrogens (tertiary/aromatic N) is 1. The Bertz CT molecular complexity index is 824. The minimum absolute atomic E-state index is 0.119. The molecule has 6 heteroatoms. The van der Waals surface area contributed by atoms with Crippen LogP contribution in [0.5, 0.6) is 5.75 Å². The molecule has 0 aromatic heterocycles. The van der Waals surface area contributed by atoms with Gasteiger partial charge >= 0.3 is 0 Å². The molecule has 2 rings (SSSR count). The smallest absolute Gasteiger partial charge is 0.277 e. The van der Waals surface area contributed by atoms with E-state index >= 15 is 0 Å². The van der Waals surface area contributed by atoms with Crippen molar-refractivity contribution in [1.82, 2.24) is 5.43 Å². The van der Waals surface area contributed by atoms with Gasteiger partial charge in [-0.05, 0) is 61.7 Å². The summed E-state index contributed by atoms with van der Waals surface area (Å²) in [4.78, 5) is 23.1. The topological polar surface area (TPSA) is 79.8 Å². The fourth-order valence-corrected chi connectivity index (χ4v) is 2.43. The van der Waals surface area contributed by atoms with E-state index in [1.807, 2.05) is 44.2 Å². The molecule has 0 aliphatic heterocycles. The second-order valence-corrected chi connectivity index (χ2v) is 6.11. The summed E-state index contributed by atoms with van der Waals surface area (Å²) >= 11 is 0. The van der Waals surface area contributed by atoms with Crippen LogP contribution >= 0.6 is 0 Å². The van der Waals surface area contributed by atoms with Gasteiger partial charge < -0.3 is 10.1 Å². The number of amides is 2. The Morgan fingerprint density at radius 2 is 1.73 bits per heavy atom. The monoisotopic (exact) mass is 353 g/mol. The molecule has 2 aromatic rings. The van der Waals surface area contributed by atoms with E-state index in [9.17, 15) is 9.59 Å². The molecule has 6 nitrogen and oxygen atoms in total. The lowest BCUT2D eigenvalue weighted by Gasteiger charge is -2.08. The summed E-state index contributed by atoms with van der Waals surface area (Å²) in [7, 11) is 0. The molecule has 0 saturated heterocycles. The molecule has 0 spiro atoms. The normalized spacial score (nSPS) is 11.0. The molecule has 2 amide bonds. The number of rotatable bonds is 6. The number of carbonyl (C=O) groups is 2. The van der Waals surface area contributed by atoms with Gasteiger partial charge in [-0.3, -0.25) is 9.59 Å². The van der Waals surface area contributed by atoms with Gasteiger partial charge in [-0.25, -0.2) is 5.43 Å². The van der Waals surface area contributed by atoms with Crippen molar-refractivity contribution in [3.63, 3.8) is 0 Å². The van der Waals surface area contributed by atoms with Gasteiger partial charge in [0.1, 0.15) is 5.75 Å². The van der Waals surface area contributed by atoms with Crippen molar-refractivity contribution in [2.45, 2.75) is 27.7 Å². The Morgan fingerprint density at radius 3 is 2.38 bits per heavy atom. The zero-order valence-electron chi connectivity index (χ0n) is 15.4. The summed E-state index contributed by atoms with van der Waals surface area (Å²) in [5, 5.41) is 6.80. The quantitative estimate of drug-likeness (QED) is 0.618. The average molecular weight is 353 g/mol. The lowest BCUT2D eigenvalue weighted by Crippen LogP contribution is -2.25. The molecule has 0 radical (unpaired) electrons. The highest BCUT2D eigenvalue weighted by Crippen LogP contribution is 2.16. The highest BCUT2D eigenvalue weighted by atomic mass is 16.5. The summed E-state index contributed by atoms with van der Waals surface area (Å²) in [5.74, 6) is 0.163. The summed E-state index contributed by atoms with van der Waals surface area (Å²) in [6.07, 6.45) is 0. The number of aryl methyl sites for hydroxylation is 2. The second-order valence-electron chi connectivity index (χ2n) is 6.11. The van der Waals surface area contributed by atoms with E-state index in [-0.39, 0.29) is 18.4 Å². The summed E-state index contributed by atoms with van der Waals surface area (Å²) in [5.41, 5.74) is 6.73. The van der Waals surface area contributed by atoms with Gasteiger partial charge in [0.05, 0.1) is 5.71 Å². The molecule has 0 heterocycles. The van der Waals surface area contributed by atoms with E-state index in [0.29, 0.717) is 17.1 Å². The highest BCUT2D eigenvalue weighted by Gasteiger charge is 2.05. The molecule has 0 aliphatic rings. The van der Waals surface area contributed by atoms with Crippen LogP contribution in [0.25, 0.3) is 0 Å². The van der Waals surface area contributed by atoms with E-state index in [4.69, 9.17) is 4.74 Å². The molecule has 0 bridgehead atoms. The Kier molecular flexibility index (Phi) is 6.49. The number of hydrazone groups is 1. The number of hydrogen-bond donors (Lipinski definition) is 2. The van der Waals surface area contributed by atoms with Gasteiger partial charge in [0.2, 0.25) is 5.91 Å². The minimum Gasteiger partial charge on any atom is -0.484 e. The van der Waals surface area contributed by atoms with Gasteiger partial charge in [0.15, 0.2) is 6.61 Å². The lowest BCUT2D eigenvalue weighted by atomic mass is 10.1.